The van der Waals surface area contributed by atoms with E-state index in [1.807, 2.05) is 12.1 Å². The number of hydrogen-bond donors (Lipinski definition) is 1. The molecule has 1 atom stereocenters. The molecule has 0 aliphatic carbocycles. The van der Waals surface area contributed by atoms with Gasteiger partial charge in [-0.1, -0.05) is 12.1 Å². The minimum atomic E-state index is -0.728. The Balaban J connectivity index is 1.70. The fraction of sp³-hybridized carbons (Fsp3) is 0.407. The molecule has 2 aliphatic heterocycles. The highest BCUT2D eigenvalue weighted by molar-refractivity contribution is 6.46. The van der Waals surface area contributed by atoms with Crippen LogP contribution in [0.15, 0.2) is 48.0 Å². The van der Waals surface area contributed by atoms with Gasteiger partial charge in [0, 0.05) is 31.7 Å². The molecule has 2 aromatic carbocycles. The number of carbonyl (C=O) groups is 2. The first-order valence-corrected chi connectivity index (χ1v) is 11.9. The minimum absolute atomic E-state index is 0.0451. The largest absolute Gasteiger partial charge is 0.507 e. The van der Waals surface area contributed by atoms with E-state index in [0.717, 1.165) is 19.6 Å². The maximum atomic E-state index is 13.3. The van der Waals surface area contributed by atoms with E-state index in [1.54, 1.807) is 42.3 Å². The van der Waals surface area contributed by atoms with Gasteiger partial charge < -0.3 is 29.0 Å². The van der Waals surface area contributed by atoms with Crippen molar-refractivity contribution in [1.29, 1.82) is 0 Å². The lowest BCUT2D eigenvalue weighted by molar-refractivity contribution is -0.140. The summed E-state index contributed by atoms with van der Waals surface area (Å²) in [6, 6.07) is 11.3. The van der Waals surface area contributed by atoms with E-state index in [4.69, 9.17) is 18.9 Å². The molecule has 2 fully saturated rings. The van der Waals surface area contributed by atoms with Gasteiger partial charge in [-0.2, -0.15) is 0 Å². The summed E-state index contributed by atoms with van der Waals surface area (Å²) < 4.78 is 21.3. The second-order valence-electron chi connectivity index (χ2n) is 8.64. The summed E-state index contributed by atoms with van der Waals surface area (Å²) in [6.45, 7) is 4.25. The Labute approximate surface area is 210 Å². The molecule has 192 valence electrons. The zero-order chi connectivity index (χ0) is 25.7. The number of carbonyl (C=O) groups excluding carboxylic acids is 2. The van der Waals surface area contributed by atoms with Gasteiger partial charge in [0.25, 0.3) is 11.7 Å². The van der Waals surface area contributed by atoms with Crippen LogP contribution in [0.3, 0.4) is 0 Å². The molecule has 0 saturated carbocycles. The van der Waals surface area contributed by atoms with Gasteiger partial charge in [-0.25, -0.2) is 0 Å². The normalized spacial score (nSPS) is 20.0. The second kappa shape index (κ2) is 11.5. The number of rotatable bonds is 9. The van der Waals surface area contributed by atoms with Crippen LogP contribution in [-0.2, 0) is 14.3 Å². The first-order chi connectivity index (χ1) is 17.5. The van der Waals surface area contributed by atoms with Crippen molar-refractivity contribution in [2.75, 3.05) is 60.7 Å². The van der Waals surface area contributed by atoms with Crippen LogP contribution in [0.2, 0.25) is 0 Å². The highest BCUT2D eigenvalue weighted by Gasteiger charge is 2.45. The summed E-state index contributed by atoms with van der Waals surface area (Å²) in [5.74, 6) is -0.0467. The first kappa shape index (κ1) is 25.5. The predicted molar refractivity (Wildman–Crippen MR) is 133 cm³/mol. The van der Waals surface area contributed by atoms with Crippen LogP contribution in [0, 0.1) is 0 Å². The number of benzene rings is 2. The third kappa shape index (κ3) is 5.17. The van der Waals surface area contributed by atoms with E-state index in [0.29, 0.717) is 54.6 Å². The Morgan fingerprint density at radius 1 is 0.944 bits per heavy atom. The SMILES string of the molecule is COc1ccc([C@@H]2/C(=C(\O)c3ccc(OC)c(OC)c3)C(=O)C(=O)N2CCCN2CCOCC2)cc1. The van der Waals surface area contributed by atoms with Gasteiger partial charge in [0.2, 0.25) is 0 Å². The second-order valence-corrected chi connectivity index (χ2v) is 8.64. The number of ketones is 1. The maximum absolute atomic E-state index is 13.3. The molecule has 0 aromatic heterocycles. The number of aliphatic hydroxyl groups is 1. The zero-order valence-electron chi connectivity index (χ0n) is 20.9. The number of nitrogens with zero attached hydrogens (tertiary/aromatic N) is 2. The van der Waals surface area contributed by atoms with Gasteiger partial charge in [-0.05, 0) is 42.3 Å². The summed E-state index contributed by atoms with van der Waals surface area (Å²) in [6.07, 6.45) is 0.691. The summed E-state index contributed by atoms with van der Waals surface area (Å²) >= 11 is 0. The van der Waals surface area contributed by atoms with E-state index >= 15 is 0 Å². The number of likely N-dealkylation sites (tertiary alicyclic amines) is 1. The smallest absolute Gasteiger partial charge is 0.295 e. The Morgan fingerprint density at radius 3 is 2.28 bits per heavy atom. The third-order valence-electron chi connectivity index (χ3n) is 6.61. The molecule has 2 saturated heterocycles. The van der Waals surface area contributed by atoms with Crippen molar-refractivity contribution >= 4 is 17.4 Å². The molecule has 2 aromatic rings. The van der Waals surface area contributed by atoms with Crippen molar-refractivity contribution < 1.29 is 33.6 Å². The van der Waals surface area contributed by atoms with Gasteiger partial charge >= 0.3 is 0 Å². The lowest BCUT2D eigenvalue weighted by Gasteiger charge is -2.29. The topological polar surface area (TPSA) is 97.8 Å². The molecule has 2 aliphatic rings. The number of methoxy groups -OCH3 is 3. The first-order valence-electron chi connectivity index (χ1n) is 11.9. The average Bonchev–Trinajstić information content (AvgIpc) is 3.18. The lowest BCUT2D eigenvalue weighted by Crippen LogP contribution is -2.38. The summed E-state index contributed by atoms with van der Waals surface area (Å²) in [5.41, 5.74) is 1.12. The molecule has 0 radical (unpaired) electrons. The van der Waals surface area contributed by atoms with Gasteiger partial charge in [0.1, 0.15) is 11.5 Å². The number of aliphatic hydroxyl groups excluding tert-OH is 1. The highest BCUT2D eigenvalue weighted by Crippen LogP contribution is 2.41. The number of morpholine rings is 1. The van der Waals surface area contributed by atoms with Crippen molar-refractivity contribution in [3.05, 3.63) is 59.2 Å². The van der Waals surface area contributed by atoms with Crippen molar-refractivity contribution in [2.45, 2.75) is 12.5 Å². The van der Waals surface area contributed by atoms with Crippen LogP contribution in [0.5, 0.6) is 17.2 Å². The third-order valence-corrected chi connectivity index (χ3v) is 6.61. The molecule has 1 amide bonds. The number of hydrogen-bond acceptors (Lipinski definition) is 8. The fourth-order valence-electron chi connectivity index (χ4n) is 4.67. The van der Waals surface area contributed by atoms with Gasteiger partial charge in [0.05, 0.1) is 46.2 Å². The predicted octanol–water partition coefficient (Wildman–Crippen LogP) is 2.86. The Hall–Kier alpha value is -3.56. The maximum Gasteiger partial charge on any atom is 0.295 e. The molecule has 9 nitrogen and oxygen atoms in total. The number of Topliss-reactive ketones (excluding diaryl/α,β-unsaturated/α-hetero) is 1. The van der Waals surface area contributed by atoms with Crippen LogP contribution in [-0.4, -0.2) is 87.3 Å². The van der Waals surface area contributed by atoms with E-state index in [9.17, 15) is 14.7 Å². The molecule has 0 unspecified atom stereocenters. The Bertz CT molecular complexity index is 1120. The van der Waals surface area contributed by atoms with Gasteiger partial charge in [-0.15, -0.1) is 0 Å². The highest BCUT2D eigenvalue weighted by atomic mass is 16.5. The monoisotopic (exact) mass is 496 g/mol. The average molecular weight is 497 g/mol. The van der Waals surface area contributed by atoms with E-state index in [-0.39, 0.29) is 11.3 Å². The number of ether oxygens (including phenoxy) is 4. The zero-order valence-corrected chi connectivity index (χ0v) is 20.9. The molecule has 2 heterocycles. The van der Waals surface area contributed by atoms with Crippen LogP contribution < -0.4 is 14.2 Å². The van der Waals surface area contributed by atoms with Crippen LogP contribution in [0.1, 0.15) is 23.6 Å². The fourth-order valence-corrected chi connectivity index (χ4v) is 4.67. The summed E-state index contributed by atoms with van der Waals surface area (Å²) in [7, 11) is 4.58. The molecule has 0 bridgehead atoms. The standard InChI is InChI=1S/C27H32N2O7/c1-33-20-8-5-18(6-9-20)24-23(25(30)19-7-10-21(34-2)22(17-19)35-3)26(31)27(32)29(24)12-4-11-28-13-15-36-16-14-28/h5-10,17,24,30H,4,11-16H2,1-3H3/b25-23+/t24-/m1/s1. The van der Waals surface area contributed by atoms with Crippen LogP contribution in [0.25, 0.3) is 5.76 Å². The Kier molecular flexibility index (Phi) is 8.12. The molecular formula is C27H32N2O7. The molecule has 1 N–H and O–H groups in total. The van der Waals surface area contributed by atoms with Crippen LogP contribution in [0.4, 0.5) is 0 Å². The van der Waals surface area contributed by atoms with Crippen molar-refractivity contribution in [2.24, 2.45) is 0 Å². The Morgan fingerprint density at radius 2 is 1.64 bits per heavy atom. The van der Waals surface area contributed by atoms with Crippen molar-refractivity contribution in [3.63, 3.8) is 0 Å². The molecule has 36 heavy (non-hydrogen) atoms. The summed E-state index contributed by atoms with van der Waals surface area (Å²) in [5, 5.41) is 11.3. The van der Waals surface area contributed by atoms with Crippen molar-refractivity contribution in [3.8, 4) is 17.2 Å². The molecular weight excluding hydrogens is 464 g/mol. The van der Waals surface area contributed by atoms with E-state index < -0.39 is 17.7 Å². The minimum Gasteiger partial charge on any atom is -0.507 e. The van der Waals surface area contributed by atoms with Gasteiger partial charge in [0.15, 0.2) is 11.5 Å². The van der Waals surface area contributed by atoms with E-state index in [2.05, 4.69) is 4.90 Å². The van der Waals surface area contributed by atoms with Gasteiger partial charge in [-0.3, -0.25) is 14.5 Å². The molecule has 4 rings (SSSR count). The van der Waals surface area contributed by atoms with E-state index in [1.165, 1.54) is 14.2 Å². The quantitative estimate of drug-likeness (QED) is 0.322. The lowest BCUT2D eigenvalue weighted by atomic mass is 9.95. The number of amides is 1. The molecule has 9 heteroatoms. The summed E-state index contributed by atoms with van der Waals surface area (Å²) in [4.78, 5) is 30.3. The van der Waals surface area contributed by atoms with Crippen LogP contribution >= 0.6 is 0 Å². The molecule has 0 spiro atoms. The van der Waals surface area contributed by atoms with Crippen molar-refractivity contribution in [1.82, 2.24) is 9.80 Å².